The maximum absolute atomic E-state index is 12.0. The van der Waals surface area contributed by atoms with Crippen LogP contribution in [0.1, 0.15) is 39.5 Å². The van der Waals surface area contributed by atoms with Crippen LogP contribution in [0.4, 0.5) is 0 Å². The van der Waals surface area contributed by atoms with Crippen LogP contribution >= 0.6 is 0 Å². The van der Waals surface area contributed by atoms with E-state index in [2.05, 4.69) is 5.32 Å². The topological polar surface area (TPSA) is 69.6 Å². The molecule has 2 aliphatic rings. The minimum Gasteiger partial charge on any atom is -0.391 e. The third-order valence-corrected chi connectivity index (χ3v) is 4.32. The number of piperidine rings is 1. The van der Waals surface area contributed by atoms with Crippen LogP contribution in [-0.2, 0) is 9.59 Å². The zero-order valence-corrected chi connectivity index (χ0v) is 12.5. The van der Waals surface area contributed by atoms with Gasteiger partial charge in [0.15, 0.2) is 0 Å². The van der Waals surface area contributed by atoms with Crippen molar-refractivity contribution in [1.29, 1.82) is 0 Å². The van der Waals surface area contributed by atoms with Crippen molar-refractivity contribution in [2.45, 2.75) is 45.6 Å². The Kier molecular flexibility index (Phi) is 5.02. The van der Waals surface area contributed by atoms with Crippen molar-refractivity contribution in [1.82, 2.24) is 10.2 Å². The molecule has 1 aliphatic heterocycles. The van der Waals surface area contributed by atoms with E-state index in [1.165, 1.54) is 0 Å². The van der Waals surface area contributed by atoms with Crippen LogP contribution < -0.4 is 5.32 Å². The lowest BCUT2D eigenvalue weighted by Gasteiger charge is -2.32. The van der Waals surface area contributed by atoms with Crippen molar-refractivity contribution in [3.8, 4) is 0 Å². The summed E-state index contributed by atoms with van der Waals surface area (Å²) in [5.41, 5.74) is 0. The first kappa shape index (κ1) is 15.3. The van der Waals surface area contributed by atoms with Crippen LogP contribution in [-0.4, -0.2) is 47.6 Å². The van der Waals surface area contributed by atoms with Gasteiger partial charge >= 0.3 is 0 Å². The standard InChI is InChI=1S/C15H26N2O3/c1-10(2)15(20)17-7-5-12(6-8-17)14(19)16-9-13(18)11-3-4-11/h10-13,18H,3-9H2,1-2H3,(H,16,19). The van der Waals surface area contributed by atoms with Crippen LogP contribution in [0.15, 0.2) is 0 Å². The number of aliphatic hydroxyl groups excluding tert-OH is 1. The molecule has 0 aromatic rings. The van der Waals surface area contributed by atoms with Gasteiger partial charge in [0.05, 0.1) is 6.10 Å². The smallest absolute Gasteiger partial charge is 0.225 e. The lowest BCUT2D eigenvalue weighted by atomic mass is 9.95. The van der Waals surface area contributed by atoms with Crippen LogP contribution in [0, 0.1) is 17.8 Å². The maximum atomic E-state index is 12.0. The van der Waals surface area contributed by atoms with Gasteiger partial charge in [0.2, 0.25) is 11.8 Å². The molecule has 1 aliphatic carbocycles. The minimum atomic E-state index is -0.387. The van der Waals surface area contributed by atoms with E-state index in [1.54, 1.807) is 0 Å². The van der Waals surface area contributed by atoms with Crippen molar-refractivity contribution in [2.75, 3.05) is 19.6 Å². The predicted octanol–water partition coefficient (Wildman–Crippen LogP) is 0.768. The molecule has 1 atom stereocenters. The molecule has 1 unspecified atom stereocenters. The molecule has 114 valence electrons. The number of carbonyl (C=O) groups is 2. The number of carbonyl (C=O) groups excluding carboxylic acids is 2. The number of amides is 2. The summed E-state index contributed by atoms with van der Waals surface area (Å²) in [5.74, 6) is 0.599. The number of nitrogens with zero attached hydrogens (tertiary/aromatic N) is 1. The second kappa shape index (κ2) is 6.57. The average Bonchev–Trinajstić information content (AvgIpc) is 3.28. The first-order valence-electron chi connectivity index (χ1n) is 7.73. The third-order valence-electron chi connectivity index (χ3n) is 4.32. The Morgan fingerprint density at radius 1 is 1.20 bits per heavy atom. The lowest BCUT2D eigenvalue weighted by molar-refractivity contribution is -0.138. The van der Waals surface area contributed by atoms with Gasteiger partial charge in [0.1, 0.15) is 0 Å². The van der Waals surface area contributed by atoms with E-state index >= 15 is 0 Å². The Morgan fingerprint density at radius 2 is 1.80 bits per heavy atom. The molecule has 0 radical (unpaired) electrons. The number of hydrogen-bond acceptors (Lipinski definition) is 3. The quantitative estimate of drug-likeness (QED) is 0.782. The number of likely N-dealkylation sites (tertiary alicyclic amines) is 1. The lowest BCUT2D eigenvalue weighted by Crippen LogP contribution is -2.45. The molecular formula is C15H26N2O3. The number of aliphatic hydroxyl groups is 1. The summed E-state index contributed by atoms with van der Waals surface area (Å²) in [6.07, 6.45) is 3.22. The van der Waals surface area contributed by atoms with E-state index in [4.69, 9.17) is 0 Å². The van der Waals surface area contributed by atoms with E-state index in [-0.39, 0.29) is 29.8 Å². The molecule has 2 N–H and O–H groups in total. The monoisotopic (exact) mass is 282 g/mol. The van der Waals surface area contributed by atoms with Gasteiger partial charge in [0, 0.05) is 31.5 Å². The van der Waals surface area contributed by atoms with E-state index in [0.717, 1.165) is 25.7 Å². The molecule has 2 fully saturated rings. The van der Waals surface area contributed by atoms with Gasteiger partial charge in [-0.3, -0.25) is 9.59 Å². The first-order chi connectivity index (χ1) is 9.49. The van der Waals surface area contributed by atoms with Crippen molar-refractivity contribution in [3.63, 3.8) is 0 Å². The summed E-state index contributed by atoms with van der Waals surface area (Å²) in [6, 6.07) is 0. The second-order valence-electron chi connectivity index (χ2n) is 6.40. The van der Waals surface area contributed by atoms with Crippen LogP contribution in [0.25, 0.3) is 0 Å². The van der Waals surface area contributed by atoms with Gasteiger partial charge < -0.3 is 15.3 Å². The van der Waals surface area contributed by atoms with Crippen LogP contribution in [0.3, 0.4) is 0 Å². The highest BCUT2D eigenvalue weighted by Gasteiger charge is 2.31. The summed E-state index contributed by atoms with van der Waals surface area (Å²) in [7, 11) is 0. The number of rotatable bonds is 5. The van der Waals surface area contributed by atoms with Gasteiger partial charge in [0.25, 0.3) is 0 Å². The zero-order chi connectivity index (χ0) is 14.7. The summed E-state index contributed by atoms with van der Waals surface area (Å²) in [6.45, 7) is 5.51. The van der Waals surface area contributed by atoms with Crippen molar-refractivity contribution >= 4 is 11.8 Å². The van der Waals surface area contributed by atoms with Crippen LogP contribution in [0.5, 0.6) is 0 Å². The molecule has 0 spiro atoms. The molecule has 1 heterocycles. The molecule has 1 saturated carbocycles. The fraction of sp³-hybridized carbons (Fsp3) is 0.867. The molecule has 0 aromatic carbocycles. The normalized spacial score (nSPS) is 21.9. The number of hydrogen-bond donors (Lipinski definition) is 2. The Hall–Kier alpha value is -1.10. The second-order valence-corrected chi connectivity index (χ2v) is 6.40. The fourth-order valence-corrected chi connectivity index (χ4v) is 2.72. The highest BCUT2D eigenvalue weighted by molar-refractivity contribution is 5.80. The summed E-state index contributed by atoms with van der Waals surface area (Å²) >= 11 is 0. The highest BCUT2D eigenvalue weighted by atomic mass is 16.3. The molecule has 2 rings (SSSR count). The Labute approximate surface area is 120 Å². The maximum Gasteiger partial charge on any atom is 0.225 e. The van der Waals surface area contributed by atoms with E-state index in [9.17, 15) is 14.7 Å². The van der Waals surface area contributed by atoms with Gasteiger partial charge in [-0.2, -0.15) is 0 Å². The Bertz CT molecular complexity index is 358. The van der Waals surface area contributed by atoms with Crippen molar-refractivity contribution < 1.29 is 14.7 Å². The van der Waals surface area contributed by atoms with E-state index in [1.807, 2.05) is 18.7 Å². The molecule has 1 saturated heterocycles. The largest absolute Gasteiger partial charge is 0.391 e. The van der Waals surface area contributed by atoms with Crippen molar-refractivity contribution in [3.05, 3.63) is 0 Å². The Balaban J connectivity index is 1.69. The molecule has 20 heavy (non-hydrogen) atoms. The predicted molar refractivity (Wildman–Crippen MR) is 75.9 cm³/mol. The summed E-state index contributed by atoms with van der Waals surface area (Å²) < 4.78 is 0. The summed E-state index contributed by atoms with van der Waals surface area (Å²) in [5, 5.41) is 12.6. The summed E-state index contributed by atoms with van der Waals surface area (Å²) in [4.78, 5) is 25.7. The Morgan fingerprint density at radius 3 is 2.30 bits per heavy atom. The van der Waals surface area contributed by atoms with Crippen molar-refractivity contribution in [2.24, 2.45) is 17.8 Å². The van der Waals surface area contributed by atoms with Gasteiger partial charge in [-0.1, -0.05) is 13.8 Å². The minimum absolute atomic E-state index is 0.0161. The third kappa shape index (κ3) is 3.95. The number of nitrogens with one attached hydrogen (secondary N) is 1. The molecule has 0 aromatic heterocycles. The molecule has 0 bridgehead atoms. The van der Waals surface area contributed by atoms with E-state index < -0.39 is 0 Å². The SMILES string of the molecule is CC(C)C(=O)N1CCC(C(=O)NCC(O)C2CC2)CC1. The highest BCUT2D eigenvalue weighted by Crippen LogP contribution is 2.32. The molecule has 5 nitrogen and oxygen atoms in total. The fourth-order valence-electron chi connectivity index (χ4n) is 2.72. The zero-order valence-electron chi connectivity index (χ0n) is 12.5. The molecular weight excluding hydrogens is 256 g/mol. The molecule has 5 heteroatoms. The molecule has 2 amide bonds. The average molecular weight is 282 g/mol. The van der Waals surface area contributed by atoms with Crippen LogP contribution in [0.2, 0.25) is 0 Å². The van der Waals surface area contributed by atoms with E-state index in [0.29, 0.717) is 25.6 Å². The first-order valence-corrected chi connectivity index (χ1v) is 7.73. The van der Waals surface area contributed by atoms with Gasteiger partial charge in [-0.05, 0) is 31.6 Å². The van der Waals surface area contributed by atoms with Gasteiger partial charge in [-0.15, -0.1) is 0 Å². The van der Waals surface area contributed by atoms with Gasteiger partial charge in [-0.25, -0.2) is 0 Å².